The van der Waals surface area contributed by atoms with E-state index in [-0.39, 0.29) is 12.0 Å². The molecule has 0 radical (unpaired) electrons. The summed E-state index contributed by atoms with van der Waals surface area (Å²) in [5.41, 5.74) is 1.24. The van der Waals surface area contributed by atoms with Crippen LogP contribution >= 0.6 is 0 Å². The first-order chi connectivity index (χ1) is 14.1. The minimum Gasteiger partial charge on any atom is -0.453 e. The molecule has 1 atom stereocenters. The maximum atomic E-state index is 13.6. The maximum absolute atomic E-state index is 13.6. The Kier molecular flexibility index (Phi) is 7.92. The van der Waals surface area contributed by atoms with Crippen LogP contribution in [0.5, 0.6) is 0 Å². The van der Waals surface area contributed by atoms with Crippen molar-refractivity contribution in [3.63, 3.8) is 0 Å². The molecule has 6 heteroatoms. The van der Waals surface area contributed by atoms with Gasteiger partial charge in [-0.2, -0.15) is 0 Å². The fraction of sp³-hybridized carbons (Fsp3) is 0.652. The summed E-state index contributed by atoms with van der Waals surface area (Å²) < 4.78 is 4.95. The zero-order valence-electron chi connectivity index (χ0n) is 17.9. The van der Waals surface area contributed by atoms with E-state index in [0.717, 1.165) is 58.2 Å². The van der Waals surface area contributed by atoms with Gasteiger partial charge in [-0.1, -0.05) is 30.3 Å². The van der Waals surface area contributed by atoms with Crippen LogP contribution < -0.4 is 0 Å². The van der Waals surface area contributed by atoms with E-state index in [9.17, 15) is 9.59 Å². The predicted octanol–water partition coefficient (Wildman–Crippen LogP) is 3.02. The molecule has 29 heavy (non-hydrogen) atoms. The number of hydrogen-bond donors (Lipinski definition) is 0. The molecule has 2 aliphatic heterocycles. The van der Waals surface area contributed by atoms with Crippen molar-refractivity contribution in [1.82, 2.24) is 14.7 Å². The molecule has 0 spiro atoms. The lowest BCUT2D eigenvalue weighted by Gasteiger charge is -2.39. The summed E-state index contributed by atoms with van der Waals surface area (Å²) in [7, 11) is 3.55. The summed E-state index contributed by atoms with van der Waals surface area (Å²) in [5, 5.41) is 0. The first-order valence-corrected chi connectivity index (χ1v) is 10.9. The molecular formula is C23H35N3O3. The number of methoxy groups -OCH3 is 1. The van der Waals surface area contributed by atoms with Crippen molar-refractivity contribution < 1.29 is 14.3 Å². The second-order valence-corrected chi connectivity index (χ2v) is 8.44. The van der Waals surface area contributed by atoms with Gasteiger partial charge in [0.15, 0.2) is 0 Å². The number of ether oxygens (including phenoxy) is 1. The zero-order chi connectivity index (χ0) is 20.6. The van der Waals surface area contributed by atoms with E-state index in [2.05, 4.69) is 24.1 Å². The second kappa shape index (κ2) is 10.6. The van der Waals surface area contributed by atoms with Gasteiger partial charge in [-0.3, -0.25) is 9.69 Å². The molecule has 2 fully saturated rings. The summed E-state index contributed by atoms with van der Waals surface area (Å²) in [6.07, 6.45) is 5.33. The van der Waals surface area contributed by atoms with Crippen molar-refractivity contribution in [2.24, 2.45) is 5.92 Å². The third kappa shape index (κ3) is 5.95. The lowest BCUT2D eigenvalue weighted by atomic mass is 9.95. The SMILES string of the molecule is COC(=O)N1CCCC[C@H]1C(=O)N(CCc1ccccc1)CC1CCN(C)CC1. The summed E-state index contributed by atoms with van der Waals surface area (Å²) in [4.78, 5) is 31.8. The monoisotopic (exact) mass is 401 g/mol. The fourth-order valence-electron chi connectivity index (χ4n) is 4.49. The smallest absolute Gasteiger partial charge is 0.410 e. The summed E-state index contributed by atoms with van der Waals surface area (Å²) in [6.45, 7) is 4.25. The van der Waals surface area contributed by atoms with E-state index in [1.807, 2.05) is 23.1 Å². The zero-order valence-corrected chi connectivity index (χ0v) is 17.9. The molecule has 0 aromatic heterocycles. The van der Waals surface area contributed by atoms with Crippen LogP contribution in [0.1, 0.15) is 37.7 Å². The van der Waals surface area contributed by atoms with Crippen LogP contribution in [0.3, 0.4) is 0 Å². The number of carbonyl (C=O) groups excluding carboxylic acids is 2. The van der Waals surface area contributed by atoms with Crippen molar-refractivity contribution in [3.05, 3.63) is 35.9 Å². The highest BCUT2D eigenvalue weighted by atomic mass is 16.5. The molecule has 2 amide bonds. The van der Waals surface area contributed by atoms with E-state index in [0.29, 0.717) is 19.0 Å². The first kappa shape index (κ1) is 21.6. The standard InChI is InChI=1S/C23H35N3O3/c1-24-15-11-20(12-16-24)18-25(17-13-19-8-4-3-5-9-19)22(27)21-10-6-7-14-26(21)23(28)29-2/h3-5,8-9,20-21H,6-7,10-18H2,1-2H3/t21-/m0/s1. The quantitative estimate of drug-likeness (QED) is 0.735. The van der Waals surface area contributed by atoms with Crippen LogP contribution in [0, 0.1) is 5.92 Å². The van der Waals surface area contributed by atoms with Crippen LogP contribution in [-0.2, 0) is 16.0 Å². The van der Waals surface area contributed by atoms with E-state index in [1.54, 1.807) is 4.90 Å². The molecule has 0 N–H and O–H groups in total. The van der Waals surface area contributed by atoms with Crippen molar-refractivity contribution in [1.29, 1.82) is 0 Å². The van der Waals surface area contributed by atoms with Gasteiger partial charge in [-0.15, -0.1) is 0 Å². The number of carbonyl (C=O) groups is 2. The fourth-order valence-corrected chi connectivity index (χ4v) is 4.49. The van der Waals surface area contributed by atoms with Crippen molar-refractivity contribution in [2.45, 2.75) is 44.6 Å². The molecule has 2 saturated heterocycles. The Hall–Kier alpha value is -2.08. The number of likely N-dealkylation sites (tertiary alicyclic amines) is 2. The Morgan fingerprint density at radius 2 is 1.79 bits per heavy atom. The molecule has 1 aromatic rings. The highest BCUT2D eigenvalue weighted by Gasteiger charge is 2.36. The van der Waals surface area contributed by atoms with Crippen LogP contribution in [-0.4, -0.2) is 79.6 Å². The summed E-state index contributed by atoms with van der Waals surface area (Å²) in [6, 6.07) is 9.93. The van der Waals surface area contributed by atoms with Crippen LogP contribution in [0.25, 0.3) is 0 Å². The van der Waals surface area contributed by atoms with Gasteiger partial charge in [0.05, 0.1) is 7.11 Å². The van der Waals surface area contributed by atoms with E-state index in [4.69, 9.17) is 4.74 Å². The van der Waals surface area contributed by atoms with Gasteiger partial charge in [0.1, 0.15) is 6.04 Å². The molecule has 0 aliphatic carbocycles. The predicted molar refractivity (Wildman–Crippen MR) is 114 cm³/mol. The second-order valence-electron chi connectivity index (χ2n) is 8.44. The molecule has 6 nitrogen and oxygen atoms in total. The molecule has 1 aromatic carbocycles. The molecule has 3 rings (SSSR count). The van der Waals surface area contributed by atoms with Gasteiger partial charge in [-0.05, 0) is 70.1 Å². The number of piperidine rings is 2. The highest BCUT2D eigenvalue weighted by molar-refractivity contribution is 5.86. The number of benzene rings is 1. The summed E-state index contributed by atoms with van der Waals surface area (Å²) >= 11 is 0. The van der Waals surface area contributed by atoms with Crippen LogP contribution in [0.2, 0.25) is 0 Å². The van der Waals surface area contributed by atoms with E-state index >= 15 is 0 Å². The average Bonchev–Trinajstić information content (AvgIpc) is 2.77. The van der Waals surface area contributed by atoms with Gasteiger partial charge in [0.25, 0.3) is 0 Å². The molecule has 2 aliphatic rings. The van der Waals surface area contributed by atoms with Crippen molar-refractivity contribution in [3.8, 4) is 0 Å². The lowest BCUT2D eigenvalue weighted by molar-refractivity contribution is -0.138. The molecule has 0 bridgehead atoms. The Bertz CT molecular complexity index is 659. The molecule has 0 unspecified atom stereocenters. The van der Waals surface area contributed by atoms with E-state index in [1.165, 1.54) is 12.7 Å². The Labute approximate surface area is 174 Å². The van der Waals surface area contributed by atoms with Gasteiger partial charge in [0, 0.05) is 19.6 Å². The van der Waals surface area contributed by atoms with Gasteiger partial charge < -0.3 is 14.5 Å². The third-order valence-electron chi connectivity index (χ3n) is 6.34. The van der Waals surface area contributed by atoms with Crippen molar-refractivity contribution in [2.75, 3.05) is 46.9 Å². The number of hydrogen-bond acceptors (Lipinski definition) is 4. The van der Waals surface area contributed by atoms with Gasteiger partial charge in [0.2, 0.25) is 5.91 Å². The van der Waals surface area contributed by atoms with E-state index < -0.39 is 6.04 Å². The van der Waals surface area contributed by atoms with Gasteiger partial charge in [-0.25, -0.2) is 4.79 Å². The highest BCUT2D eigenvalue weighted by Crippen LogP contribution is 2.23. The number of nitrogens with zero attached hydrogens (tertiary/aromatic N) is 3. The largest absolute Gasteiger partial charge is 0.453 e. The Morgan fingerprint density at radius 1 is 1.07 bits per heavy atom. The van der Waals surface area contributed by atoms with Crippen LogP contribution in [0.15, 0.2) is 30.3 Å². The minimum atomic E-state index is -0.391. The Balaban J connectivity index is 1.71. The van der Waals surface area contributed by atoms with Crippen molar-refractivity contribution >= 4 is 12.0 Å². The third-order valence-corrected chi connectivity index (χ3v) is 6.34. The minimum absolute atomic E-state index is 0.0879. The molecule has 2 heterocycles. The average molecular weight is 402 g/mol. The molecular weight excluding hydrogens is 366 g/mol. The summed E-state index contributed by atoms with van der Waals surface area (Å²) in [5.74, 6) is 0.617. The molecule has 0 saturated carbocycles. The first-order valence-electron chi connectivity index (χ1n) is 10.9. The Morgan fingerprint density at radius 3 is 2.48 bits per heavy atom. The number of rotatable bonds is 6. The lowest BCUT2D eigenvalue weighted by Crippen LogP contribution is -2.54. The normalized spacial score (nSPS) is 21.0. The molecule has 160 valence electrons. The maximum Gasteiger partial charge on any atom is 0.410 e. The van der Waals surface area contributed by atoms with Gasteiger partial charge >= 0.3 is 6.09 Å². The van der Waals surface area contributed by atoms with Crippen LogP contribution in [0.4, 0.5) is 4.79 Å². The number of amides is 2. The topological polar surface area (TPSA) is 53.1 Å².